The van der Waals surface area contributed by atoms with Crippen LogP contribution in [0.5, 0.6) is 0 Å². The van der Waals surface area contributed by atoms with E-state index in [2.05, 4.69) is 55.1 Å². The molecule has 3 rings (SSSR count). The molecule has 2 nitrogen and oxygen atoms in total. The van der Waals surface area contributed by atoms with Crippen LogP contribution in [0.25, 0.3) is 28.3 Å². The Hall–Kier alpha value is -3.13. The summed E-state index contributed by atoms with van der Waals surface area (Å²) >= 11 is 0. The third-order valence-corrected chi connectivity index (χ3v) is 3.87. The number of hydrogen-bond donors (Lipinski definition) is 1. The fourth-order valence-corrected chi connectivity index (χ4v) is 2.49. The van der Waals surface area contributed by atoms with E-state index in [1.165, 1.54) is 5.56 Å². The first kappa shape index (κ1) is 14.8. The predicted molar refractivity (Wildman–Crippen MR) is 95.9 cm³/mol. The lowest BCUT2D eigenvalue weighted by atomic mass is 9.99. The van der Waals surface area contributed by atoms with Gasteiger partial charge in [0.05, 0.1) is 0 Å². The van der Waals surface area contributed by atoms with Crippen LogP contribution in [0.3, 0.4) is 0 Å². The first-order valence-electron chi connectivity index (χ1n) is 7.40. The van der Waals surface area contributed by atoms with Gasteiger partial charge in [-0.25, -0.2) is 0 Å². The normalized spacial score (nSPS) is 10.3. The zero-order valence-electron chi connectivity index (χ0n) is 12.7. The molecule has 112 valence electrons. The molecule has 0 radical (unpaired) electrons. The first-order chi connectivity index (χ1) is 11.2. The molecular weight excluding hydrogens is 282 g/mol. The van der Waals surface area contributed by atoms with Crippen LogP contribution in [0.4, 0.5) is 0 Å². The number of primary amides is 1. The Kier molecular flexibility index (Phi) is 4.07. The van der Waals surface area contributed by atoms with E-state index in [0.29, 0.717) is 5.56 Å². The van der Waals surface area contributed by atoms with Crippen molar-refractivity contribution in [2.45, 2.75) is 0 Å². The number of benzene rings is 3. The standard InChI is InChI=1S/C21H17NO/c1-2-15-3-5-16(6-4-15)17-7-9-18(10-8-17)19-11-13-20(14-12-19)21(22)23/h2-14H,1H2,(H2,22,23). The maximum Gasteiger partial charge on any atom is 0.248 e. The zero-order chi connectivity index (χ0) is 16.2. The van der Waals surface area contributed by atoms with Crippen LogP contribution >= 0.6 is 0 Å². The largest absolute Gasteiger partial charge is 0.366 e. The summed E-state index contributed by atoms with van der Waals surface area (Å²) in [5.41, 5.74) is 11.4. The van der Waals surface area contributed by atoms with Crippen LogP contribution in [0.15, 0.2) is 79.4 Å². The highest BCUT2D eigenvalue weighted by Crippen LogP contribution is 2.25. The second kappa shape index (κ2) is 6.32. The van der Waals surface area contributed by atoms with Gasteiger partial charge in [-0.3, -0.25) is 4.79 Å². The average Bonchev–Trinajstić information content (AvgIpc) is 2.62. The maximum atomic E-state index is 11.1. The van der Waals surface area contributed by atoms with Crippen molar-refractivity contribution in [1.82, 2.24) is 0 Å². The van der Waals surface area contributed by atoms with Crippen LogP contribution in [0, 0.1) is 0 Å². The number of carbonyl (C=O) groups is 1. The van der Waals surface area contributed by atoms with Crippen LogP contribution in [0.2, 0.25) is 0 Å². The van der Waals surface area contributed by atoms with E-state index >= 15 is 0 Å². The van der Waals surface area contributed by atoms with Crippen molar-refractivity contribution in [2.24, 2.45) is 5.73 Å². The fraction of sp³-hybridized carbons (Fsp3) is 0. The highest BCUT2D eigenvalue weighted by atomic mass is 16.1. The number of hydrogen-bond acceptors (Lipinski definition) is 1. The summed E-state index contributed by atoms with van der Waals surface area (Å²) < 4.78 is 0. The maximum absolute atomic E-state index is 11.1. The summed E-state index contributed by atoms with van der Waals surface area (Å²) in [6.07, 6.45) is 1.84. The van der Waals surface area contributed by atoms with Crippen molar-refractivity contribution in [2.75, 3.05) is 0 Å². The molecule has 1 amide bonds. The third kappa shape index (κ3) is 3.22. The van der Waals surface area contributed by atoms with Crippen molar-refractivity contribution >= 4 is 12.0 Å². The molecule has 0 heterocycles. The number of rotatable bonds is 4. The molecule has 0 saturated heterocycles. The minimum Gasteiger partial charge on any atom is -0.366 e. The molecule has 23 heavy (non-hydrogen) atoms. The lowest BCUT2D eigenvalue weighted by molar-refractivity contribution is 0.100. The quantitative estimate of drug-likeness (QED) is 0.741. The third-order valence-electron chi connectivity index (χ3n) is 3.87. The average molecular weight is 299 g/mol. The molecule has 0 saturated carbocycles. The van der Waals surface area contributed by atoms with Crippen molar-refractivity contribution in [3.05, 3.63) is 90.5 Å². The van der Waals surface area contributed by atoms with E-state index in [9.17, 15) is 4.79 Å². The van der Waals surface area contributed by atoms with Gasteiger partial charge in [0.1, 0.15) is 0 Å². The highest BCUT2D eigenvalue weighted by molar-refractivity contribution is 5.93. The van der Waals surface area contributed by atoms with Gasteiger partial charge in [-0.15, -0.1) is 0 Å². The molecular formula is C21H17NO. The lowest BCUT2D eigenvalue weighted by Gasteiger charge is -2.06. The van der Waals surface area contributed by atoms with Gasteiger partial charge in [0, 0.05) is 5.56 Å². The molecule has 0 unspecified atom stereocenters. The van der Waals surface area contributed by atoms with Gasteiger partial charge in [-0.2, -0.15) is 0 Å². The Balaban J connectivity index is 1.86. The summed E-state index contributed by atoms with van der Waals surface area (Å²) in [6.45, 7) is 3.77. The first-order valence-corrected chi connectivity index (χ1v) is 7.40. The molecule has 0 fully saturated rings. The molecule has 0 atom stereocenters. The topological polar surface area (TPSA) is 43.1 Å². The minimum absolute atomic E-state index is 0.408. The number of amides is 1. The summed E-state index contributed by atoms with van der Waals surface area (Å²) in [5.74, 6) is -0.408. The second-order valence-electron chi connectivity index (χ2n) is 5.35. The van der Waals surface area contributed by atoms with Gasteiger partial charge >= 0.3 is 0 Å². The molecule has 3 aromatic rings. The number of nitrogens with two attached hydrogens (primary N) is 1. The molecule has 0 aliphatic heterocycles. The lowest BCUT2D eigenvalue weighted by Crippen LogP contribution is -2.10. The SMILES string of the molecule is C=Cc1ccc(-c2ccc(-c3ccc(C(N)=O)cc3)cc2)cc1. The molecule has 2 N–H and O–H groups in total. The molecule has 2 heteroatoms. The highest BCUT2D eigenvalue weighted by Gasteiger charge is 2.03. The molecule has 0 spiro atoms. The molecule has 0 bridgehead atoms. The van der Waals surface area contributed by atoms with Crippen molar-refractivity contribution in [3.8, 4) is 22.3 Å². The van der Waals surface area contributed by atoms with Gasteiger partial charge in [-0.05, 0) is 39.9 Å². The molecule has 0 aromatic heterocycles. The fourth-order valence-electron chi connectivity index (χ4n) is 2.49. The molecule has 3 aromatic carbocycles. The van der Waals surface area contributed by atoms with Crippen LogP contribution in [-0.4, -0.2) is 5.91 Å². The smallest absolute Gasteiger partial charge is 0.248 e. The molecule has 0 aliphatic rings. The van der Waals surface area contributed by atoms with Crippen LogP contribution < -0.4 is 5.73 Å². The Bertz CT molecular complexity index is 829. The minimum atomic E-state index is -0.408. The van der Waals surface area contributed by atoms with Crippen molar-refractivity contribution < 1.29 is 4.79 Å². The molecule has 0 aliphatic carbocycles. The summed E-state index contributed by atoms with van der Waals surface area (Å²) in [6, 6.07) is 24.0. The van der Waals surface area contributed by atoms with Gasteiger partial charge in [0.25, 0.3) is 0 Å². The Morgan fingerprint density at radius 1 is 0.696 bits per heavy atom. The van der Waals surface area contributed by atoms with E-state index < -0.39 is 5.91 Å². The Labute approximate surface area is 135 Å². The second-order valence-corrected chi connectivity index (χ2v) is 5.35. The van der Waals surface area contributed by atoms with Gasteiger partial charge in [-0.1, -0.05) is 73.3 Å². The van der Waals surface area contributed by atoms with Gasteiger partial charge < -0.3 is 5.73 Å². The van der Waals surface area contributed by atoms with E-state index in [4.69, 9.17) is 5.73 Å². The van der Waals surface area contributed by atoms with Gasteiger partial charge in [0.2, 0.25) is 5.91 Å². The van der Waals surface area contributed by atoms with E-state index in [1.807, 2.05) is 18.2 Å². The van der Waals surface area contributed by atoms with Gasteiger partial charge in [0.15, 0.2) is 0 Å². The van der Waals surface area contributed by atoms with Crippen molar-refractivity contribution in [1.29, 1.82) is 0 Å². The number of carbonyl (C=O) groups excluding carboxylic acids is 1. The van der Waals surface area contributed by atoms with E-state index in [0.717, 1.165) is 22.3 Å². The van der Waals surface area contributed by atoms with Crippen LogP contribution in [0.1, 0.15) is 15.9 Å². The Morgan fingerprint density at radius 3 is 1.39 bits per heavy atom. The Morgan fingerprint density at radius 2 is 1.04 bits per heavy atom. The van der Waals surface area contributed by atoms with Crippen LogP contribution in [-0.2, 0) is 0 Å². The predicted octanol–water partition coefficient (Wildman–Crippen LogP) is 4.76. The monoisotopic (exact) mass is 299 g/mol. The van der Waals surface area contributed by atoms with E-state index in [1.54, 1.807) is 12.1 Å². The van der Waals surface area contributed by atoms with E-state index in [-0.39, 0.29) is 0 Å². The summed E-state index contributed by atoms with van der Waals surface area (Å²) in [4.78, 5) is 11.1. The zero-order valence-corrected chi connectivity index (χ0v) is 12.7. The van der Waals surface area contributed by atoms with Crippen molar-refractivity contribution in [3.63, 3.8) is 0 Å². The summed E-state index contributed by atoms with van der Waals surface area (Å²) in [5, 5.41) is 0. The summed E-state index contributed by atoms with van der Waals surface area (Å²) in [7, 11) is 0.